The molecule has 2 aliphatic rings. The summed E-state index contributed by atoms with van der Waals surface area (Å²) in [7, 11) is 0. The first kappa shape index (κ1) is 8.05. The molecule has 1 spiro atoms. The molecule has 1 saturated carbocycles. The molecule has 0 aromatic rings. The lowest BCUT2D eigenvalue weighted by Crippen LogP contribution is -2.28. The van der Waals surface area contributed by atoms with Crippen molar-refractivity contribution in [3.05, 3.63) is 0 Å². The van der Waals surface area contributed by atoms with Crippen LogP contribution in [0.2, 0.25) is 0 Å². The van der Waals surface area contributed by atoms with E-state index in [1.54, 1.807) is 0 Å². The SMILES string of the molecule is O=C(O)CC1CCC2(CC2)CO1. The first-order chi connectivity index (χ1) is 5.70. The molecule has 0 radical (unpaired) electrons. The Morgan fingerprint density at radius 1 is 1.50 bits per heavy atom. The van der Waals surface area contributed by atoms with E-state index in [0.29, 0.717) is 5.41 Å². The predicted octanol–water partition coefficient (Wildman–Crippen LogP) is 1.42. The van der Waals surface area contributed by atoms with E-state index in [-0.39, 0.29) is 12.5 Å². The molecule has 12 heavy (non-hydrogen) atoms. The quantitative estimate of drug-likeness (QED) is 0.681. The van der Waals surface area contributed by atoms with Crippen molar-refractivity contribution >= 4 is 5.97 Å². The van der Waals surface area contributed by atoms with Crippen LogP contribution in [0.5, 0.6) is 0 Å². The molecule has 1 heterocycles. The van der Waals surface area contributed by atoms with E-state index in [0.717, 1.165) is 13.0 Å². The minimum absolute atomic E-state index is 0.0197. The molecule has 68 valence electrons. The fourth-order valence-corrected chi connectivity index (χ4v) is 1.84. The average molecular weight is 170 g/mol. The van der Waals surface area contributed by atoms with E-state index in [9.17, 15) is 4.79 Å². The topological polar surface area (TPSA) is 46.5 Å². The van der Waals surface area contributed by atoms with Crippen LogP contribution in [0, 0.1) is 5.41 Å². The normalized spacial score (nSPS) is 31.8. The number of aliphatic carboxylic acids is 1. The van der Waals surface area contributed by atoms with Gasteiger partial charge in [-0.05, 0) is 31.1 Å². The van der Waals surface area contributed by atoms with Crippen molar-refractivity contribution < 1.29 is 14.6 Å². The number of ether oxygens (including phenoxy) is 1. The molecule has 0 aromatic heterocycles. The Bertz CT molecular complexity index is 186. The third-order valence-electron chi connectivity index (χ3n) is 2.98. The Morgan fingerprint density at radius 2 is 2.25 bits per heavy atom. The van der Waals surface area contributed by atoms with Crippen LogP contribution in [0.3, 0.4) is 0 Å². The zero-order chi connectivity index (χ0) is 8.60. The maximum atomic E-state index is 10.4. The highest BCUT2D eigenvalue weighted by Gasteiger charge is 2.45. The Morgan fingerprint density at radius 3 is 2.67 bits per heavy atom. The standard InChI is InChI=1S/C9H14O3/c10-8(11)5-7-1-2-9(3-4-9)6-12-7/h7H,1-6H2,(H,10,11). The number of carbonyl (C=O) groups is 1. The van der Waals surface area contributed by atoms with Gasteiger partial charge in [0.05, 0.1) is 19.1 Å². The molecule has 1 aliphatic heterocycles. The number of rotatable bonds is 2. The van der Waals surface area contributed by atoms with Crippen molar-refractivity contribution in [3.8, 4) is 0 Å². The first-order valence-corrected chi connectivity index (χ1v) is 4.54. The smallest absolute Gasteiger partial charge is 0.305 e. The van der Waals surface area contributed by atoms with Crippen LogP contribution in [-0.2, 0) is 9.53 Å². The molecular formula is C9H14O3. The van der Waals surface area contributed by atoms with Gasteiger partial charge in [0.25, 0.3) is 0 Å². The summed E-state index contributed by atoms with van der Waals surface area (Å²) in [5.74, 6) is -0.744. The summed E-state index contributed by atoms with van der Waals surface area (Å²) in [5, 5.41) is 8.53. The summed E-state index contributed by atoms with van der Waals surface area (Å²) >= 11 is 0. The molecule has 1 unspecified atom stereocenters. The van der Waals surface area contributed by atoms with Gasteiger partial charge in [-0.2, -0.15) is 0 Å². The second kappa shape index (κ2) is 2.73. The molecule has 3 heteroatoms. The lowest BCUT2D eigenvalue weighted by atomic mass is 9.95. The van der Waals surface area contributed by atoms with E-state index in [1.807, 2.05) is 0 Å². The van der Waals surface area contributed by atoms with Gasteiger partial charge in [0, 0.05) is 0 Å². The molecule has 3 nitrogen and oxygen atoms in total. The van der Waals surface area contributed by atoms with Crippen molar-refractivity contribution in [2.75, 3.05) is 6.61 Å². The van der Waals surface area contributed by atoms with E-state index in [1.165, 1.54) is 19.3 Å². The van der Waals surface area contributed by atoms with Crippen molar-refractivity contribution in [2.24, 2.45) is 5.41 Å². The third-order valence-corrected chi connectivity index (χ3v) is 2.98. The summed E-state index contributed by atoms with van der Waals surface area (Å²) in [5.41, 5.74) is 0.481. The number of carboxylic acids is 1. The van der Waals surface area contributed by atoms with E-state index in [2.05, 4.69) is 0 Å². The van der Waals surface area contributed by atoms with Crippen molar-refractivity contribution in [1.82, 2.24) is 0 Å². The predicted molar refractivity (Wildman–Crippen MR) is 42.9 cm³/mol. The molecule has 1 aliphatic carbocycles. The van der Waals surface area contributed by atoms with Crippen LogP contribution in [0.1, 0.15) is 32.1 Å². The monoisotopic (exact) mass is 170 g/mol. The summed E-state index contributed by atoms with van der Waals surface area (Å²) < 4.78 is 5.49. The molecule has 1 atom stereocenters. The van der Waals surface area contributed by atoms with Gasteiger partial charge in [0.2, 0.25) is 0 Å². The van der Waals surface area contributed by atoms with E-state index < -0.39 is 5.97 Å². The first-order valence-electron chi connectivity index (χ1n) is 4.54. The van der Waals surface area contributed by atoms with Crippen molar-refractivity contribution in [2.45, 2.75) is 38.2 Å². The molecular weight excluding hydrogens is 156 g/mol. The third kappa shape index (κ3) is 1.61. The molecule has 2 rings (SSSR count). The zero-order valence-corrected chi connectivity index (χ0v) is 7.08. The van der Waals surface area contributed by atoms with Crippen molar-refractivity contribution in [3.63, 3.8) is 0 Å². The lowest BCUT2D eigenvalue weighted by Gasteiger charge is -2.27. The molecule has 1 N–H and O–H groups in total. The van der Waals surface area contributed by atoms with Gasteiger partial charge >= 0.3 is 5.97 Å². The van der Waals surface area contributed by atoms with Gasteiger partial charge in [0.1, 0.15) is 0 Å². The van der Waals surface area contributed by atoms with Crippen LogP contribution in [-0.4, -0.2) is 23.8 Å². The minimum atomic E-state index is -0.744. The largest absolute Gasteiger partial charge is 0.481 e. The molecule has 0 aromatic carbocycles. The van der Waals surface area contributed by atoms with E-state index >= 15 is 0 Å². The van der Waals surface area contributed by atoms with Gasteiger partial charge in [0.15, 0.2) is 0 Å². The molecule has 0 amide bonds. The molecule has 1 saturated heterocycles. The lowest BCUT2D eigenvalue weighted by molar-refractivity contribution is -0.142. The Kier molecular flexibility index (Phi) is 1.83. The van der Waals surface area contributed by atoms with Crippen LogP contribution in [0.15, 0.2) is 0 Å². The highest BCUT2D eigenvalue weighted by Crippen LogP contribution is 2.52. The van der Waals surface area contributed by atoms with Gasteiger partial charge in [-0.3, -0.25) is 4.79 Å². The van der Waals surface area contributed by atoms with Gasteiger partial charge in [-0.1, -0.05) is 0 Å². The van der Waals surface area contributed by atoms with Gasteiger partial charge < -0.3 is 9.84 Å². The van der Waals surface area contributed by atoms with E-state index in [4.69, 9.17) is 9.84 Å². The Labute approximate surface area is 71.7 Å². The second-order valence-corrected chi connectivity index (χ2v) is 4.07. The van der Waals surface area contributed by atoms with Crippen LogP contribution in [0.25, 0.3) is 0 Å². The number of hydrogen-bond acceptors (Lipinski definition) is 2. The van der Waals surface area contributed by atoms with Crippen LogP contribution < -0.4 is 0 Å². The Balaban J connectivity index is 1.78. The van der Waals surface area contributed by atoms with Crippen molar-refractivity contribution in [1.29, 1.82) is 0 Å². The maximum Gasteiger partial charge on any atom is 0.305 e. The van der Waals surface area contributed by atoms with Gasteiger partial charge in [-0.15, -0.1) is 0 Å². The highest BCUT2D eigenvalue weighted by atomic mass is 16.5. The van der Waals surface area contributed by atoms with Crippen LogP contribution in [0.4, 0.5) is 0 Å². The summed E-state index contributed by atoms with van der Waals surface area (Å²) in [6, 6.07) is 0. The minimum Gasteiger partial charge on any atom is -0.481 e. The number of carboxylic acid groups (broad SMARTS) is 1. The average Bonchev–Trinajstić information content (AvgIpc) is 2.75. The number of hydrogen-bond donors (Lipinski definition) is 1. The fourth-order valence-electron chi connectivity index (χ4n) is 1.84. The molecule has 0 bridgehead atoms. The Hall–Kier alpha value is -0.570. The second-order valence-electron chi connectivity index (χ2n) is 4.07. The summed E-state index contributed by atoms with van der Waals surface area (Å²) in [6.45, 7) is 0.797. The van der Waals surface area contributed by atoms with Crippen LogP contribution >= 0.6 is 0 Å². The maximum absolute atomic E-state index is 10.4. The highest BCUT2D eigenvalue weighted by molar-refractivity contribution is 5.67. The summed E-state index contributed by atoms with van der Waals surface area (Å²) in [6.07, 6.45) is 4.83. The fraction of sp³-hybridized carbons (Fsp3) is 0.889. The summed E-state index contributed by atoms with van der Waals surface area (Å²) in [4.78, 5) is 10.4. The van der Waals surface area contributed by atoms with Gasteiger partial charge in [-0.25, -0.2) is 0 Å². The molecule has 2 fully saturated rings. The zero-order valence-electron chi connectivity index (χ0n) is 7.08.